The van der Waals surface area contributed by atoms with Gasteiger partial charge in [-0.05, 0) is 44.2 Å². The van der Waals surface area contributed by atoms with Crippen molar-refractivity contribution in [3.05, 3.63) is 90.1 Å². The van der Waals surface area contributed by atoms with Crippen LogP contribution in [0.4, 0.5) is 11.6 Å². The molecule has 0 radical (unpaired) electrons. The lowest BCUT2D eigenvalue weighted by atomic mass is 10.1. The van der Waals surface area contributed by atoms with E-state index >= 15 is 0 Å². The number of para-hydroxylation sites is 1. The summed E-state index contributed by atoms with van der Waals surface area (Å²) >= 11 is 0. The fraction of sp³-hybridized carbons (Fsp3) is 0.115. The van der Waals surface area contributed by atoms with Crippen molar-refractivity contribution in [1.29, 1.82) is 0 Å². The Morgan fingerprint density at radius 1 is 0.971 bits per heavy atom. The summed E-state index contributed by atoms with van der Waals surface area (Å²) in [5.74, 6) is 0.935. The average molecular weight is 451 g/mol. The lowest BCUT2D eigenvalue weighted by Gasteiger charge is -2.11. The van der Waals surface area contributed by atoms with Gasteiger partial charge in [0.15, 0.2) is 17.5 Å². The molecule has 168 valence electrons. The van der Waals surface area contributed by atoms with Crippen molar-refractivity contribution >= 4 is 28.5 Å². The van der Waals surface area contributed by atoms with Crippen LogP contribution in [0.25, 0.3) is 28.0 Å². The number of fused-ring (bicyclic) bond motifs is 1. The van der Waals surface area contributed by atoms with Gasteiger partial charge in [0.05, 0.1) is 24.0 Å². The van der Waals surface area contributed by atoms with E-state index in [0.717, 1.165) is 22.2 Å². The van der Waals surface area contributed by atoms with E-state index in [9.17, 15) is 4.79 Å². The molecule has 5 rings (SSSR count). The molecule has 5 aromatic rings. The van der Waals surface area contributed by atoms with Gasteiger partial charge in [-0.1, -0.05) is 48.0 Å². The highest BCUT2D eigenvalue weighted by atomic mass is 16.5. The van der Waals surface area contributed by atoms with Crippen molar-refractivity contribution < 1.29 is 9.53 Å². The molecule has 0 saturated carbocycles. The molecule has 0 aliphatic rings. The number of aryl methyl sites for hydroxylation is 1. The third-order valence-electron chi connectivity index (χ3n) is 5.32. The first kappa shape index (κ1) is 21.3. The van der Waals surface area contributed by atoms with Gasteiger partial charge in [0.25, 0.3) is 0 Å². The van der Waals surface area contributed by atoms with Gasteiger partial charge >= 0.3 is 5.97 Å². The number of nitrogens with one attached hydrogen (secondary N) is 1. The standard InChI is InChI=1S/C26H22N6O2/c1-3-34-26(33)20-16-27-32(24-15-12-18-6-4-5-7-21(18)28-24)25(20)29-23-14-13-22(30-31-23)19-10-8-17(2)9-11-19/h4-16H,3H2,1-2H3,(H,29,31). The van der Waals surface area contributed by atoms with Crippen molar-refractivity contribution in [3.63, 3.8) is 0 Å². The molecule has 0 spiro atoms. The molecule has 0 saturated heterocycles. The van der Waals surface area contributed by atoms with Crippen LogP contribution in [0.2, 0.25) is 0 Å². The van der Waals surface area contributed by atoms with Gasteiger partial charge in [-0.2, -0.15) is 9.78 Å². The maximum Gasteiger partial charge on any atom is 0.343 e. The van der Waals surface area contributed by atoms with Crippen LogP contribution >= 0.6 is 0 Å². The molecule has 0 fully saturated rings. The largest absolute Gasteiger partial charge is 0.462 e. The first-order valence-electron chi connectivity index (χ1n) is 10.9. The number of carbonyl (C=O) groups excluding carboxylic acids is 1. The molecule has 3 aromatic heterocycles. The molecule has 8 nitrogen and oxygen atoms in total. The Balaban J connectivity index is 1.51. The zero-order valence-electron chi connectivity index (χ0n) is 18.8. The second kappa shape index (κ2) is 9.11. The number of nitrogens with zero attached hydrogens (tertiary/aromatic N) is 5. The van der Waals surface area contributed by atoms with E-state index in [2.05, 4.69) is 20.6 Å². The molecule has 0 amide bonds. The van der Waals surface area contributed by atoms with Gasteiger partial charge in [-0.25, -0.2) is 9.78 Å². The van der Waals surface area contributed by atoms with Gasteiger partial charge in [-0.3, -0.25) is 0 Å². The molecule has 0 aliphatic heterocycles. The summed E-state index contributed by atoms with van der Waals surface area (Å²) in [5.41, 5.74) is 4.00. The summed E-state index contributed by atoms with van der Waals surface area (Å²) in [6.45, 7) is 4.05. The zero-order valence-corrected chi connectivity index (χ0v) is 18.8. The predicted molar refractivity (Wildman–Crippen MR) is 130 cm³/mol. The molecule has 0 bridgehead atoms. The van der Waals surface area contributed by atoms with Gasteiger partial charge in [-0.15, -0.1) is 10.2 Å². The van der Waals surface area contributed by atoms with Crippen molar-refractivity contribution in [1.82, 2.24) is 25.0 Å². The van der Waals surface area contributed by atoms with E-state index < -0.39 is 5.97 Å². The van der Waals surface area contributed by atoms with E-state index in [1.807, 2.05) is 79.7 Å². The predicted octanol–water partition coefficient (Wildman–Crippen LogP) is 5.11. The third kappa shape index (κ3) is 4.21. The van der Waals surface area contributed by atoms with Crippen LogP contribution in [0.5, 0.6) is 0 Å². The summed E-state index contributed by atoms with van der Waals surface area (Å²) in [5, 5.41) is 17.2. The molecule has 1 N–H and O–H groups in total. The van der Waals surface area contributed by atoms with Crippen LogP contribution in [-0.2, 0) is 4.74 Å². The Morgan fingerprint density at radius 3 is 2.56 bits per heavy atom. The average Bonchev–Trinajstić information content (AvgIpc) is 3.28. The fourth-order valence-corrected chi connectivity index (χ4v) is 3.57. The molecule has 3 heterocycles. The Morgan fingerprint density at radius 2 is 1.79 bits per heavy atom. The molecule has 34 heavy (non-hydrogen) atoms. The van der Waals surface area contributed by atoms with Gasteiger partial charge in [0, 0.05) is 10.9 Å². The zero-order chi connectivity index (χ0) is 23.5. The van der Waals surface area contributed by atoms with Crippen molar-refractivity contribution in [2.75, 3.05) is 11.9 Å². The van der Waals surface area contributed by atoms with Crippen LogP contribution < -0.4 is 5.32 Å². The highest BCUT2D eigenvalue weighted by Crippen LogP contribution is 2.26. The van der Waals surface area contributed by atoms with Gasteiger partial charge < -0.3 is 10.1 Å². The number of ether oxygens (including phenoxy) is 1. The number of esters is 1. The van der Waals surface area contributed by atoms with Crippen LogP contribution in [0.15, 0.2) is 79.0 Å². The number of benzene rings is 2. The van der Waals surface area contributed by atoms with Crippen molar-refractivity contribution in [2.45, 2.75) is 13.8 Å². The maximum atomic E-state index is 12.6. The minimum absolute atomic E-state index is 0.253. The Kier molecular flexibility index (Phi) is 5.70. The lowest BCUT2D eigenvalue weighted by Crippen LogP contribution is -2.11. The molecule has 0 atom stereocenters. The second-order valence-electron chi connectivity index (χ2n) is 7.70. The van der Waals surface area contributed by atoms with Crippen LogP contribution in [0.3, 0.4) is 0 Å². The smallest absolute Gasteiger partial charge is 0.343 e. The number of hydrogen-bond donors (Lipinski definition) is 1. The first-order chi connectivity index (χ1) is 16.6. The first-order valence-corrected chi connectivity index (χ1v) is 10.9. The minimum atomic E-state index is -0.485. The molecular weight excluding hydrogens is 428 g/mol. The van der Waals surface area contributed by atoms with Crippen LogP contribution in [0, 0.1) is 6.92 Å². The lowest BCUT2D eigenvalue weighted by molar-refractivity contribution is 0.0527. The summed E-state index contributed by atoms with van der Waals surface area (Å²) in [7, 11) is 0. The van der Waals surface area contributed by atoms with E-state index in [0.29, 0.717) is 17.5 Å². The molecule has 0 aliphatic carbocycles. The van der Waals surface area contributed by atoms with E-state index in [1.165, 1.54) is 11.8 Å². The molecule has 0 unspecified atom stereocenters. The SMILES string of the molecule is CCOC(=O)c1cnn(-c2ccc3ccccc3n2)c1Nc1ccc(-c2ccc(C)cc2)nn1. The minimum Gasteiger partial charge on any atom is -0.462 e. The van der Waals surface area contributed by atoms with Crippen molar-refractivity contribution in [2.24, 2.45) is 0 Å². The molecule has 8 heteroatoms. The van der Waals surface area contributed by atoms with Crippen molar-refractivity contribution in [3.8, 4) is 17.1 Å². The number of aromatic nitrogens is 5. The summed E-state index contributed by atoms with van der Waals surface area (Å²) < 4.78 is 6.79. The van der Waals surface area contributed by atoms with Crippen LogP contribution in [0.1, 0.15) is 22.8 Å². The second-order valence-corrected chi connectivity index (χ2v) is 7.70. The topological polar surface area (TPSA) is 94.8 Å². The highest BCUT2D eigenvalue weighted by Gasteiger charge is 2.21. The van der Waals surface area contributed by atoms with E-state index in [1.54, 1.807) is 11.6 Å². The Hall–Kier alpha value is -4.59. The number of anilines is 2. The Labute approximate surface area is 196 Å². The quantitative estimate of drug-likeness (QED) is 0.359. The molecular formula is C26H22N6O2. The van der Waals surface area contributed by atoms with E-state index in [4.69, 9.17) is 9.72 Å². The summed E-state index contributed by atoms with van der Waals surface area (Å²) in [6.07, 6.45) is 1.46. The summed E-state index contributed by atoms with van der Waals surface area (Å²) in [6, 6.07) is 23.4. The van der Waals surface area contributed by atoms with Gasteiger partial charge in [0.1, 0.15) is 5.56 Å². The highest BCUT2D eigenvalue weighted by molar-refractivity contribution is 5.95. The third-order valence-corrected chi connectivity index (χ3v) is 5.32. The fourth-order valence-electron chi connectivity index (χ4n) is 3.57. The normalized spacial score (nSPS) is 10.9. The monoisotopic (exact) mass is 450 g/mol. The van der Waals surface area contributed by atoms with Gasteiger partial charge in [0.2, 0.25) is 0 Å². The maximum absolute atomic E-state index is 12.6. The van der Waals surface area contributed by atoms with E-state index in [-0.39, 0.29) is 12.2 Å². The Bertz CT molecular complexity index is 1460. The number of rotatable bonds is 6. The number of pyridine rings is 1. The summed E-state index contributed by atoms with van der Waals surface area (Å²) in [4.78, 5) is 17.3. The molecule has 2 aromatic carbocycles. The number of carbonyl (C=O) groups is 1. The van der Waals surface area contributed by atoms with Crippen LogP contribution in [-0.4, -0.2) is 37.5 Å². The number of hydrogen-bond acceptors (Lipinski definition) is 7.